The highest BCUT2D eigenvalue weighted by molar-refractivity contribution is 6.35. The zero-order valence-corrected chi connectivity index (χ0v) is 18.3. The predicted octanol–water partition coefficient (Wildman–Crippen LogP) is 3.65. The first-order valence-electron chi connectivity index (χ1n) is 9.67. The Morgan fingerprint density at radius 3 is 2.73 bits per heavy atom. The highest BCUT2D eigenvalue weighted by atomic mass is 35.5. The molecule has 1 saturated heterocycles. The number of aliphatic hydroxyl groups is 1. The van der Waals surface area contributed by atoms with Crippen LogP contribution in [0.4, 0.5) is 13.2 Å². The van der Waals surface area contributed by atoms with E-state index in [9.17, 15) is 23.1 Å². The molecule has 1 atom stereocenters. The maximum absolute atomic E-state index is 13.9. The first-order chi connectivity index (χ1) is 15.6. The molecule has 0 amide bonds. The number of carbonyl (C=O) groups is 1. The molecule has 1 aliphatic rings. The number of esters is 1. The van der Waals surface area contributed by atoms with E-state index in [0.717, 1.165) is 6.20 Å². The summed E-state index contributed by atoms with van der Waals surface area (Å²) in [5.74, 6) is 0.731. The Balaban J connectivity index is 2.24. The number of aromatic nitrogens is 3. The van der Waals surface area contributed by atoms with Gasteiger partial charge in [-0.1, -0.05) is 28.8 Å². The highest BCUT2D eigenvalue weighted by Gasteiger charge is 2.42. The first-order valence-corrected chi connectivity index (χ1v) is 10.1. The van der Waals surface area contributed by atoms with E-state index in [-0.39, 0.29) is 29.5 Å². The molecule has 0 saturated carbocycles. The zero-order chi connectivity index (χ0) is 24.3. The summed E-state index contributed by atoms with van der Waals surface area (Å²) in [6, 6.07) is 0. The van der Waals surface area contributed by atoms with E-state index in [1.165, 1.54) is 13.0 Å². The largest absolute Gasteiger partial charge is 0.454 e. The van der Waals surface area contributed by atoms with Gasteiger partial charge in [0.15, 0.2) is 11.5 Å². The third-order valence-electron chi connectivity index (χ3n) is 4.50. The van der Waals surface area contributed by atoms with Crippen LogP contribution < -0.4 is 0 Å². The molecule has 1 aliphatic heterocycles. The van der Waals surface area contributed by atoms with Gasteiger partial charge in [-0.25, -0.2) is 4.79 Å². The lowest BCUT2D eigenvalue weighted by atomic mass is 10.0. The standard InChI is InChI=1S/C21H19ClF3N3O5/c1-4-6-15(22)13(5-2)17-16(20(30)32-12-9-31-10-12)18(33-27-17)14-7-26-28(8-11(3)29)19(14)21(23,24)25/h2,4,6-7,11-12,29H,8-10H2,1,3H3/b6-4-,15-13-/t11-/m1/s1. The van der Waals surface area contributed by atoms with E-state index < -0.39 is 53.5 Å². The van der Waals surface area contributed by atoms with Crippen LogP contribution in [0.1, 0.15) is 35.6 Å². The average molecular weight is 486 g/mol. The van der Waals surface area contributed by atoms with E-state index >= 15 is 0 Å². The van der Waals surface area contributed by atoms with E-state index in [1.807, 2.05) is 0 Å². The SMILES string of the molecule is C#C/C(=C(Cl)\C=C/C)c1noc(-c2cnn(C[C@@H](C)O)c2C(F)(F)F)c1C(=O)OC1COC1. The fourth-order valence-corrected chi connectivity index (χ4v) is 3.32. The molecule has 1 N–H and O–H groups in total. The number of hydrogen-bond acceptors (Lipinski definition) is 7. The van der Waals surface area contributed by atoms with Gasteiger partial charge in [0.05, 0.1) is 48.2 Å². The van der Waals surface area contributed by atoms with Gasteiger partial charge in [0.25, 0.3) is 0 Å². The van der Waals surface area contributed by atoms with Gasteiger partial charge < -0.3 is 19.1 Å². The van der Waals surface area contributed by atoms with Crippen LogP contribution in [0, 0.1) is 12.3 Å². The van der Waals surface area contributed by atoms with Crippen molar-refractivity contribution in [3.05, 3.63) is 40.3 Å². The van der Waals surface area contributed by atoms with Gasteiger partial charge in [0, 0.05) is 0 Å². The molecule has 3 heterocycles. The summed E-state index contributed by atoms with van der Waals surface area (Å²) >= 11 is 6.20. The molecule has 0 aromatic carbocycles. The molecule has 0 aliphatic carbocycles. The minimum Gasteiger partial charge on any atom is -0.454 e. The summed E-state index contributed by atoms with van der Waals surface area (Å²) in [5, 5.41) is 17.1. The third kappa shape index (κ3) is 5.13. The summed E-state index contributed by atoms with van der Waals surface area (Å²) in [4.78, 5) is 13.0. The molecular weight excluding hydrogens is 467 g/mol. The van der Waals surface area contributed by atoms with Gasteiger partial charge in [0.2, 0.25) is 0 Å². The number of hydrogen-bond donors (Lipinski definition) is 1. The number of terminal acetylenes is 1. The average Bonchev–Trinajstić information content (AvgIpc) is 3.29. The van der Waals surface area contributed by atoms with Crippen molar-refractivity contribution in [2.24, 2.45) is 0 Å². The highest BCUT2D eigenvalue weighted by Crippen LogP contribution is 2.41. The molecule has 0 radical (unpaired) electrons. The molecule has 3 rings (SSSR count). The summed E-state index contributed by atoms with van der Waals surface area (Å²) in [5.41, 5.74) is -2.57. The number of rotatable bonds is 7. The Morgan fingerprint density at radius 1 is 1.52 bits per heavy atom. The Labute approximate surface area is 191 Å². The van der Waals surface area contributed by atoms with Crippen molar-refractivity contribution in [2.75, 3.05) is 13.2 Å². The van der Waals surface area contributed by atoms with Crippen molar-refractivity contribution in [3.63, 3.8) is 0 Å². The molecule has 1 fully saturated rings. The Hall–Kier alpha value is -3.07. The number of halogens is 4. The van der Waals surface area contributed by atoms with Crippen LogP contribution in [-0.4, -0.2) is 51.4 Å². The lowest BCUT2D eigenvalue weighted by molar-refractivity contribution is -0.144. The molecule has 0 bridgehead atoms. The maximum Gasteiger partial charge on any atom is 0.433 e. The van der Waals surface area contributed by atoms with E-state index in [0.29, 0.717) is 4.68 Å². The van der Waals surface area contributed by atoms with Gasteiger partial charge in [0.1, 0.15) is 17.4 Å². The molecule has 0 spiro atoms. The second kappa shape index (κ2) is 9.82. The lowest BCUT2D eigenvalue weighted by Gasteiger charge is -2.25. The van der Waals surface area contributed by atoms with Crippen molar-refractivity contribution < 1.29 is 37.1 Å². The Kier molecular flexibility index (Phi) is 7.31. The Bertz CT molecular complexity index is 1140. The predicted molar refractivity (Wildman–Crippen MR) is 111 cm³/mol. The number of allylic oxidation sites excluding steroid dienone is 4. The second-order valence-electron chi connectivity index (χ2n) is 7.10. The van der Waals surface area contributed by atoms with Gasteiger partial charge in [-0.3, -0.25) is 4.68 Å². The van der Waals surface area contributed by atoms with E-state index in [2.05, 4.69) is 16.2 Å². The van der Waals surface area contributed by atoms with Crippen molar-refractivity contribution in [2.45, 2.75) is 38.8 Å². The van der Waals surface area contributed by atoms with Crippen LogP contribution in [0.2, 0.25) is 0 Å². The topological polar surface area (TPSA) is 99.6 Å². The minimum atomic E-state index is -4.90. The first kappa shape index (κ1) is 24.6. The monoisotopic (exact) mass is 485 g/mol. The summed E-state index contributed by atoms with van der Waals surface area (Å²) in [6.45, 7) is 2.81. The van der Waals surface area contributed by atoms with E-state index in [1.54, 1.807) is 13.0 Å². The quantitative estimate of drug-likeness (QED) is 0.363. The van der Waals surface area contributed by atoms with Gasteiger partial charge in [-0.2, -0.15) is 18.3 Å². The van der Waals surface area contributed by atoms with Crippen LogP contribution in [0.5, 0.6) is 0 Å². The normalized spacial score (nSPS) is 16.3. The molecule has 33 heavy (non-hydrogen) atoms. The molecule has 2 aromatic heterocycles. The summed E-state index contributed by atoms with van der Waals surface area (Å²) in [6.07, 6.45) is 2.81. The van der Waals surface area contributed by atoms with Gasteiger partial charge >= 0.3 is 12.1 Å². The Morgan fingerprint density at radius 2 is 2.21 bits per heavy atom. The molecule has 0 unspecified atom stereocenters. The van der Waals surface area contributed by atoms with Crippen LogP contribution in [0.25, 0.3) is 16.9 Å². The number of nitrogens with zero attached hydrogens (tertiary/aromatic N) is 3. The van der Waals surface area contributed by atoms with Crippen LogP contribution in [-0.2, 0) is 22.2 Å². The fourth-order valence-electron chi connectivity index (χ4n) is 3.05. The van der Waals surface area contributed by atoms with Crippen molar-refractivity contribution >= 4 is 23.1 Å². The molecule has 2 aromatic rings. The van der Waals surface area contributed by atoms with Crippen molar-refractivity contribution in [3.8, 4) is 23.7 Å². The van der Waals surface area contributed by atoms with Crippen LogP contribution in [0.15, 0.2) is 27.9 Å². The summed E-state index contributed by atoms with van der Waals surface area (Å²) < 4.78 is 57.8. The second-order valence-corrected chi connectivity index (χ2v) is 7.51. The number of aliphatic hydroxyl groups excluding tert-OH is 1. The molecule has 8 nitrogen and oxygen atoms in total. The van der Waals surface area contributed by atoms with Crippen molar-refractivity contribution in [1.82, 2.24) is 14.9 Å². The smallest absolute Gasteiger partial charge is 0.433 e. The molecule has 176 valence electrons. The van der Waals surface area contributed by atoms with Crippen molar-refractivity contribution in [1.29, 1.82) is 0 Å². The molecular formula is C21H19ClF3N3O5. The lowest BCUT2D eigenvalue weighted by Crippen LogP contribution is -2.38. The number of carbonyl (C=O) groups excluding carboxylic acids is 1. The third-order valence-corrected chi connectivity index (χ3v) is 4.82. The fraction of sp³-hybridized carbons (Fsp3) is 0.381. The summed E-state index contributed by atoms with van der Waals surface area (Å²) in [7, 11) is 0. The number of ether oxygens (including phenoxy) is 2. The van der Waals surface area contributed by atoms with E-state index in [4.69, 9.17) is 32.0 Å². The van der Waals surface area contributed by atoms with Gasteiger partial charge in [-0.15, -0.1) is 6.42 Å². The minimum absolute atomic E-state index is 0.0155. The van der Waals surface area contributed by atoms with Crippen LogP contribution >= 0.6 is 11.6 Å². The zero-order valence-electron chi connectivity index (χ0n) is 17.5. The van der Waals surface area contributed by atoms with Gasteiger partial charge in [-0.05, 0) is 19.9 Å². The molecule has 12 heteroatoms. The maximum atomic E-state index is 13.9. The number of alkyl halides is 3. The van der Waals surface area contributed by atoms with Crippen LogP contribution in [0.3, 0.4) is 0 Å².